The molecule has 0 saturated heterocycles. The first kappa shape index (κ1) is 13.8. The summed E-state index contributed by atoms with van der Waals surface area (Å²) in [5.41, 5.74) is 8.60. The number of hydrogen-bond acceptors (Lipinski definition) is 3. The van der Waals surface area contributed by atoms with Gasteiger partial charge in [-0.05, 0) is 31.5 Å². The summed E-state index contributed by atoms with van der Waals surface area (Å²) in [4.78, 5) is 0.256. The maximum Gasteiger partial charge on any atom is 0.198 e. The van der Waals surface area contributed by atoms with Gasteiger partial charge in [-0.2, -0.15) is 0 Å². The largest absolute Gasteiger partial charge is 0.311 e. The second kappa shape index (κ2) is 5.15. The second-order valence-electron chi connectivity index (χ2n) is 4.69. The highest BCUT2D eigenvalue weighted by Crippen LogP contribution is 2.24. The van der Waals surface area contributed by atoms with E-state index in [0.717, 1.165) is 11.1 Å². The van der Waals surface area contributed by atoms with E-state index < -0.39 is 15.2 Å². The molecule has 19 heavy (non-hydrogen) atoms. The van der Waals surface area contributed by atoms with E-state index in [9.17, 15) is 8.42 Å². The maximum absolute atomic E-state index is 12.4. The molecule has 0 fully saturated rings. The summed E-state index contributed by atoms with van der Waals surface area (Å²) in [6.45, 7) is 3.86. The summed E-state index contributed by atoms with van der Waals surface area (Å²) >= 11 is 0. The monoisotopic (exact) mass is 275 g/mol. The van der Waals surface area contributed by atoms with E-state index in [1.807, 2.05) is 26.0 Å². The van der Waals surface area contributed by atoms with Crippen LogP contribution in [-0.4, -0.2) is 8.42 Å². The molecule has 0 aliphatic carbocycles. The van der Waals surface area contributed by atoms with Crippen molar-refractivity contribution in [1.82, 2.24) is 0 Å². The van der Waals surface area contributed by atoms with E-state index in [2.05, 4.69) is 0 Å². The number of hydrogen-bond donors (Lipinski definition) is 1. The van der Waals surface area contributed by atoms with Gasteiger partial charge in [0.15, 0.2) is 9.84 Å². The Morgan fingerprint density at radius 1 is 0.842 bits per heavy atom. The van der Waals surface area contributed by atoms with Gasteiger partial charge in [0.25, 0.3) is 0 Å². The van der Waals surface area contributed by atoms with Crippen LogP contribution in [0.25, 0.3) is 0 Å². The van der Waals surface area contributed by atoms with Crippen LogP contribution in [0.5, 0.6) is 0 Å². The minimum absolute atomic E-state index is 0.256. The molecule has 0 amide bonds. The fourth-order valence-corrected chi connectivity index (χ4v) is 3.13. The zero-order valence-electron chi connectivity index (χ0n) is 11.0. The number of rotatable bonds is 3. The lowest BCUT2D eigenvalue weighted by Gasteiger charge is -2.14. The second-order valence-corrected chi connectivity index (χ2v) is 6.76. The summed E-state index contributed by atoms with van der Waals surface area (Å²) in [5.74, 6) is 0. The minimum atomic E-state index is -3.54. The fraction of sp³-hybridized carbons (Fsp3) is 0.200. The lowest BCUT2D eigenvalue weighted by Crippen LogP contribution is -2.22. The molecule has 2 aromatic rings. The van der Waals surface area contributed by atoms with Crippen molar-refractivity contribution in [3.8, 4) is 0 Å². The van der Waals surface area contributed by atoms with Gasteiger partial charge < -0.3 is 5.73 Å². The molecule has 2 aromatic carbocycles. The van der Waals surface area contributed by atoms with Crippen molar-refractivity contribution < 1.29 is 8.42 Å². The van der Waals surface area contributed by atoms with Crippen LogP contribution in [0.4, 0.5) is 0 Å². The Bertz CT molecular complexity index is 658. The van der Waals surface area contributed by atoms with Crippen LogP contribution in [-0.2, 0) is 9.84 Å². The smallest absolute Gasteiger partial charge is 0.198 e. The summed E-state index contributed by atoms with van der Waals surface area (Å²) in [7, 11) is -3.54. The fourth-order valence-electron chi connectivity index (χ4n) is 1.81. The van der Waals surface area contributed by atoms with Crippen molar-refractivity contribution in [1.29, 1.82) is 0 Å². The molecule has 0 aromatic heterocycles. The highest BCUT2D eigenvalue weighted by atomic mass is 32.2. The van der Waals surface area contributed by atoms with Gasteiger partial charge in [0.1, 0.15) is 5.37 Å². The third-order valence-electron chi connectivity index (χ3n) is 3.09. The Hall–Kier alpha value is -1.65. The maximum atomic E-state index is 12.4. The van der Waals surface area contributed by atoms with Gasteiger partial charge in [-0.3, -0.25) is 0 Å². The van der Waals surface area contributed by atoms with E-state index in [0.29, 0.717) is 5.56 Å². The highest BCUT2D eigenvalue weighted by molar-refractivity contribution is 7.91. The molecule has 0 aliphatic heterocycles. The molecule has 0 saturated carbocycles. The molecule has 2 rings (SSSR count). The molecule has 0 aliphatic rings. The zero-order valence-corrected chi connectivity index (χ0v) is 11.8. The summed E-state index contributed by atoms with van der Waals surface area (Å²) < 4.78 is 24.8. The molecule has 2 N–H and O–H groups in total. The molecule has 4 heteroatoms. The van der Waals surface area contributed by atoms with Crippen LogP contribution in [0.2, 0.25) is 0 Å². The van der Waals surface area contributed by atoms with E-state index in [4.69, 9.17) is 5.73 Å². The number of nitrogens with two attached hydrogens (primary N) is 1. The zero-order chi connectivity index (χ0) is 14.0. The Labute approximate surface area is 114 Å². The van der Waals surface area contributed by atoms with Gasteiger partial charge in [0.05, 0.1) is 4.90 Å². The van der Waals surface area contributed by atoms with E-state index in [1.165, 1.54) is 0 Å². The Morgan fingerprint density at radius 3 is 1.74 bits per heavy atom. The first-order chi connectivity index (χ1) is 8.91. The first-order valence-corrected chi connectivity index (χ1v) is 7.58. The van der Waals surface area contributed by atoms with E-state index >= 15 is 0 Å². The predicted molar refractivity (Wildman–Crippen MR) is 76.5 cm³/mol. The molecular formula is C15H17NO2S. The number of aryl methyl sites for hydroxylation is 2. The van der Waals surface area contributed by atoms with Gasteiger partial charge in [0.2, 0.25) is 0 Å². The van der Waals surface area contributed by atoms with Crippen molar-refractivity contribution >= 4 is 9.84 Å². The summed E-state index contributed by atoms with van der Waals surface area (Å²) in [5, 5.41) is -1.03. The standard InChI is InChI=1S/C15H17NO2S/c1-11-3-7-13(8-4-11)15(16)19(17,18)14-9-5-12(2)6-10-14/h3-10,15H,16H2,1-2H3. The lowest BCUT2D eigenvalue weighted by molar-refractivity contribution is 0.583. The van der Waals surface area contributed by atoms with Crippen LogP contribution in [0, 0.1) is 13.8 Å². The lowest BCUT2D eigenvalue weighted by atomic mass is 10.1. The Kier molecular flexibility index (Phi) is 3.73. The molecule has 3 nitrogen and oxygen atoms in total. The molecule has 0 spiro atoms. The Morgan fingerprint density at radius 2 is 1.26 bits per heavy atom. The van der Waals surface area contributed by atoms with E-state index in [-0.39, 0.29) is 4.90 Å². The van der Waals surface area contributed by atoms with Crippen molar-refractivity contribution in [3.05, 3.63) is 65.2 Å². The number of sulfone groups is 1. The summed E-state index contributed by atoms with van der Waals surface area (Å²) in [6.07, 6.45) is 0. The normalized spacial score (nSPS) is 13.2. The predicted octanol–water partition coefficient (Wildman–Crippen LogP) is 2.73. The molecular weight excluding hydrogens is 258 g/mol. The molecule has 1 atom stereocenters. The minimum Gasteiger partial charge on any atom is -0.311 e. The molecule has 0 bridgehead atoms. The van der Waals surface area contributed by atoms with E-state index in [1.54, 1.807) is 36.4 Å². The molecule has 0 heterocycles. The number of benzene rings is 2. The average Bonchev–Trinajstić information content (AvgIpc) is 2.39. The molecule has 100 valence electrons. The first-order valence-electron chi connectivity index (χ1n) is 6.04. The average molecular weight is 275 g/mol. The van der Waals surface area contributed by atoms with Gasteiger partial charge in [0, 0.05) is 0 Å². The van der Waals surface area contributed by atoms with Crippen LogP contribution in [0.1, 0.15) is 22.1 Å². The van der Waals surface area contributed by atoms with Gasteiger partial charge >= 0.3 is 0 Å². The van der Waals surface area contributed by atoms with Crippen LogP contribution >= 0.6 is 0 Å². The van der Waals surface area contributed by atoms with Crippen LogP contribution in [0.15, 0.2) is 53.4 Å². The Balaban J connectivity index is 2.39. The quantitative estimate of drug-likeness (QED) is 0.937. The van der Waals surface area contributed by atoms with Crippen molar-refractivity contribution in [2.45, 2.75) is 24.1 Å². The summed E-state index contributed by atoms with van der Waals surface area (Å²) in [6, 6.07) is 14.0. The third kappa shape index (κ3) is 2.85. The third-order valence-corrected chi connectivity index (χ3v) is 4.96. The van der Waals surface area contributed by atoms with Crippen LogP contribution < -0.4 is 5.73 Å². The van der Waals surface area contributed by atoms with Crippen molar-refractivity contribution in [3.63, 3.8) is 0 Å². The van der Waals surface area contributed by atoms with Crippen molar-refractivity contribution in [2.75, 3.05) is 0 Å². The van der Waals surface area contributed by atoms with Gasteiger partial charge in [-0.15, -0.1) is 0 Å². The highest BCUT2D eigenvalue weighted by Gasteiger charge is 2.25. The molecule has 1 unspecified atom stereocenters. The topological polar surface area (TPSA) is 60.2 Å². The van der Waals surface area contributed by atoms with Gasteiger partial charge in [-0.25, -0.2) is 8.42 Å². The molecule has 0 radical (unpaired) electrons. The van der Waals surface area contributed by atoms with Crippen LogP contribution in [0.3, 0.4) is 0 Å². The van der Waals surface area contributed by atoms with Crippen molar-refractivity contribution in [2.24, 2.45) is 5.73 Å². The van der Waals surface area contributed by atoms with Gasteiger partial charge in [-0.1, -0.05) is 47.5 Å². The SMILES string of the molecule is Cc1ccc(C(N)S(=O)(=O)c2ccc(C)cc2)cc1.